The molecule has 0 fully saturated rings. The smallest absolute Gasteiger partial charge is 0.339 e. The molecule has 2 aromatic heterocycles. The van der Waals surface area contributed by atoms with Crippen LogP contribution in [0.25, 0.3) is 0 Å². The van der Waals surface area contributed by atoms with Gasteiger partial charge in [-0.3, -0.25) is 9.59 Å². The Morgan fingerprint density at radius 2 is 0.789 bits per heavy atom. The van der Waals surface area contributed by atoms with Gasteiger partial charge >= 0.3 is 11.9 Å². The van der Waals surface area contributed by atoms with Crippen LogP contribution in [0.2, 0.25) is 0 Å². The first kappa shape index (κ1) is 34.6. The number of phenols is 2. The lowest BCUT2D eigenvalue weighted by Crippen LogP contribution is -2.01. The Labute approximate surface area is 217 Å². The number of benzene rings is 2. The predicted octanol–water partition coefficient (Wildman–Crippen LogP) is 3.61. The van der Waals surface area contributed by atoms with E-state index < -0.39 is 23.1 Å². The third kappa shape index (κ3) is 12.3. The van der Waals surface area contributed by atoms with Crippen molar-refractivity contribution in [2.45, 2.75) is 14.9 Å². The second-order valence-corrected chi connectivity index (χ2v) is 6.41. The molecule has 2 aromatic carbocycles. The molecule has 0 aliphatic carbocycles. The zero-order chi connectivity index (χ0) is 27.1. The lowest BCUT2D eigenvalue weighted by molar-refractivity contribution is 0.0682. The van der Waals surface area contributed by atoms with Gasteiger partial charge in [0.1, 0.15) is 22.6 Å². The van der Waals surface area contributed by atoms with E-state index in [0.29, 0.717) is 0 Å². The number of hydrogen-bond donors (Lipinski definition) is 8. The number of nitrogens with one attached hydrogen (secondary N) is 2. The molecule has 12 heteroatoms. The van der Waals surface area contributed by atoms with Crippen molar-refractivity contribution in [1.82, 2.24) is 9.97 Å². The van der Waals surface area contributed by atoms with E-state index in [9.17, 15) is 19.2 Å². The average molecular weight is 531 g/mol. The van der Waals surface area contributed by atoms with E-state index in [1.807, 2.05) is 0 Å². The third-order valence-electron chi connectivity index (χ3n) is 3.86. The summed E-state index contributed by atoms with van der Waals surface area (Å²) >= 11 is 0. The molecular weight excluding hydrogens is 500 g/mol. The van der Waals surface area contributed by atoms with Crippen LogP contribution in [0.1, 0.15) is 35.6 Å². The van der Waals surface area contributed by atoms with Gasteiger partial charge in [0, 0.05) is 12.4 Å². The van der Waals surface area contributed by atoms with Crippen molar-refractivity contribution in [2.75, 3.05) is 0 Å². The Hall–Kier alpha value is -5.52. The van der Waals surface area contributed by atoms with Gasteiger partial charge in [0.15, 0.2) is 11.5 Å². The van der Waals surface area contributed by atoms with Gasteiger partial charge in [0.05, 0.1) is 0 Å². The van der Waals surface area contributed by atoms with Gasteiger partial charge in [-0.1, -0.05) is 39.1 Å². The fraction of sp³-hybridized carbons (Fsp3) is 0.0769. The molecule has 0 radical (unpaired) electrons. The van der Waals surface area contributed by atoms with E-state index in [-0.39, 0.29) is 49.0 Å². The van der Waals surface area contributed by atoms with Crippen molar-refractivity contribution < 1.29 is 40.2 Å². The predicted molar refractivity (Wildman–Crippen MR) is 141 cm³/mol. The minimum atomic E-state index is -1.11. The molecule has 0 saturated heterocycles. The van der Waals surface area contributed by atoms with Crippen LogP contribution in [0, 0.1) is 0 Å². The molecule has 0 aliphatic rings. The summed E-state index contributed by atoms with van der Waals surface area (Å²) in [4.78, 5) is 45.7. The number of aromatic nitrogens is 2. The molecule has 0 unspecified atom stereocenters. The number of aromatic carboxylic acids is 2. The molecule has 38 heavy (non-hydrogen) atoms. The number of carbonyl (C=O) groups is 2. The second-order valence-electron chi connectivity index (χ2n) is 6.41. The summed E-state index contributed by atoms with van der Waals surface area (Å²) in [6.45, 7) is 0. The zero-order valence-electron chi connectivity index (χ0n) is 18.4. The Balaban J connectivity index is 0. The number of pyridine rings is 2. The van der Waals surface area contributed by atoms with Crippen LogP contribution >= 0.6 is 0 Å². The Morgan fingerprint density at radius 1 is 0.500 bits per heavy atom. The number of aromatic amines is 2. The van der Waals surface area contributed by atoms with Crippen molar-refractivity contribution in [2.24, 2.45) is 0 Å². The molecule has 0 saturated carbocycles. The molecule has 0 bridgehead atoms. The molecule has 2 heterocycles. The van der Waals surface area contributed by atoms with E-state index in [1.54, 1.807) is 36.4 Å². The van der Waals surface area contributed by atoms with Crippen molar-refractivity contribution >= 4 is 11.9 Å². The third-order valence-corrected chi connectivity index (χ3v) is 3.86. The highest BCUT2D eigenvalue weighted by atomic mass is 16.4. The average Bonchev–Trinajstić information content (AvgIpc) is 2.84. The van der Waals surface area contributed by atoms with Crippen LogP contribution < -0.4 is 11.1 Å². The summed E-state index contributed by atoms with van der Waals surface area (Å²) in [6.07, 6.45) is 2.92. The highest BCUT2D eigenvalue weighted by molar-refractivity contribution is 5.91. The first-order valence-electron chi connectivity index (χ1n) is 9.80. The SMILES string of the molecule is C.C.O=C(O)c1ccccc1O.O=C(O)c1ccccc1O.O=c1[nH]cccc1O.O=c1[nH]cccc1O. The van der Waals surface area contributed by atoms with Crippen molar-refractivity contribution in [3.63, 3.8) is 0 Å². The summed E-state index contributed by atoms with van der Waals surface area (Å²) in [7, 11) is 0. The molecule has 204 valence electrons. The zero-order valence-corrected chi connectivity index (χ0v) is 18.4. The first-order chi connectivity index (χ1) is 17.0. The number of rotatable bonds is 2. The minimum Gasteiger partial charge on any atom is -0.507 e. The van der Waals surface area contributed by atoms with Crippen molar-refractivity contribution in [1.29, 1.82) is 0 Å². The Bertz CT molecular complexity index is 1290. The lowest BCUT2D eigenvalue weighted by atomic mass is 10.2. The van der Waals surface area contributed by atoms with Crippen LogP contribution in [0.4, 0.5) is 0 Å². The van der Waals surface area contributed by atoms with Crippen molar-refractivity contribution in [3.05, 3.63) is 117 Å². The fourth-order valence-electron chi connectivity index (χ4n) is 2.13. The largest absolute Gasteiger partial charge is 0.507 e. The van der Waals surface area contributed by atoms with Gasteiger partial charge in [-0.15, -0.1) is 0 Å². The number of para-hydroxylation sites is 2. The fourth-order valence-corrected chi connectivity index (χ4v) is 2.13. The van der Waals surface area contributed by atoms with Gasteiger partial charge in [-0.05, 0) is 48.5 Å². The normalized spacial score (nSPS) is 8.63. The molecule has 0 atom stereocenters. The van der Waals surface area contributed by atoms with Gasteiger partial charge in [-0.25, -0.2) is 9.59 Å². The topological polar surface area (TPSA) is 221 Å². The van der Waals surface area contributed by atoms with Crippen LogP contribution in [-0.2, 0) is 0 Å². The highest BCUT2D eigenvalue weighted by Gasteiger charge is 2.06. The molecule has 0 spiro atoms. The van der Waals surface area contributed by atoms with Gasteiger partial charge in [-0.2, -0.15) is 0 Å². The quantitative estimate of drug-likeness (QED) is 0.188. The lowest BCUT2D eigenvalue weighted by Gasteiger charge is -1.95. The van der Waals surface area contributed by atoms with E-state index in [4.69, 9.17) is 30.6 Å². The number of carboxylic acids is 2. The highest BCUT2D eigenvalue weighted by Crippen LogP contribution is 2.15. The monoisotopic (exact) mass is 530 g/mol. The van der Waals surface area contributed by atoms with Crippen LogP contribution in [-0.4, -0.2) is 52.5 Å². The molecule has 8 N–H and O–H groups in total. The number of aromatic hydroxyl groups is 4. The maximum absolute atomic E-state index is 10.3. The summed E-state index contributed by atoms with van der Waals surface area (Å²) in [6, 6.07) is 17.4. The number of hydrogen-bond acceptors (Lipinski definition) is 8. The Morgan fingerprint density at radius 3 is 0.974 bits per heavy atom. The second kappa shape index (κ2) is 17.8. The van der Waals surface area contributed by atoms with Crippen LogP contribution in [0.3, 0.4) is 0 Å². The molecule has 4 aromatic rings. The molecular formula is C26H30N2O10. The maximum atomic E-state index is 10.3. The van der Waals surface area contributed by atoms with Crippen LogP contribution in [0.5, 0.6) is 23.0 Å². The molecule has 4 rings (SSSR count). The maximum Gasteiger partial charge on any atom is 0.339 e. The van der Waals surface area contributed by atoms with Gasteiger partial charge in [0.25, 0.3) is 11.1 Å². The number of H-pyrrole nitrogens is 2. The van der Waals surface area contributed by atoms with Gasteiger partial charge in [0.2, 0.25) is 0 Å². The minimum absolute atomic E-state index is 0. The first-order valence-corrected chi connectivity index (χ1v) is 9.80. The van der Waals surface area contributed by atoms with Gasteiger partial charge < -0.3 is 40.6 Å². The summed E-state index contributed by atoms with van der Waals surface area (Å²) in [5, 5.41) is 51.8. The van der Waals surface area contributed by atoms with E-state index in [2.05, 4.69) is 9.97 Å². The van der Waals surface area contributed by atoms with Crippen molar-refractivity contribution in [3.8, 4) is 23.0 Å². The summed E-state index contributed by atoms with van der Waals surface area (Å²) < 4.78 is 0. The van der Waals surface area contributed by atoms with E-state index >= 15 is 0 Å². The summed E-state index contributed by atoms with van der Waals surface area (Å²) in [5.74, 6) is -3.11. The van der Waals surface area contributed by atoms with E-state index in [0.717, 1.165) is 0 Å². The molecule has 0 amide bonds. The van der Waals surface area contributed by atoms with Crippen LogP contribution in [0.15, 0.2) is 94.8 Å². The standard InChI is InChI=1S/2C7H6O3.2C5H5NO2.2CH4/c2*8-6-4-2-1-3-5(6)7(9)10;2*7-4-2-1-3-6-5(4)8;;/h2*1-4,8H,(H,9,10);2*1-3,7H,(H,6,8);2*1H4. The number of carboxylic acid groups (broad SMARTS) is 2. The van der Waals surface area contributed by atoms with E-state index in [1.165, 1.54) is 48.8 Å². The molecule has 12 nitrogen and oxygen atoms in total. The Kier molecular flexibility index (Phi) is 16.3. The summed E-state index contributed by atoms with van der Waals surface area (Å²) in [5.41, 5.74) is -1.04. The molecule has 0 aliphatic heterocycles.